The van der Waals surface area contributed by atoms with Crippen LogP contribution in [0.25, 0.3) is 0 Å². The van der Waals surface area contributed by atoms with Gasteiger partial charge in [0.25, 0.3) is 0 Å². The molecule has 0 aromatic heterocycles. The summed E-state index contributed by atoms with van der Waals surface area (Å²) in [5.41, 5.74) is 0. The van der Waals surface area contributed by atoms with Gasteiger partial charge < -0.3 is 15.5 Å². The van der Waals surface area contributed by atoms with E-state index >= 15 is 0 Å². The van der Waals surface area contributed by atoms with Crippen LogP contribution in [0, 0.1) is 5.92 Å². The van der Waals surface area contributed by atoms with Crippen molar-refractivity contribution in [2.45, 2.75) is 51.6 Å². The van der Waals surface area contributed by atoms with E-state index in [1.165, 1.54) is 0 Å². The maximum Gasteiger partial charge on any atom is 0.315 e. The van der Waals surface area contributed by atoms with Crippen LogP contribution in [-0.2, 0) is 4.79 Å². The van der Waals surface area contributed by atoms with E-state index in [0.717, 1.165) is 38.8 Å². The van der Waals surface area contributed by atoms with Crippen LogP contribution in [0.1, 0.15) is 39.5 Å². The van der Waals surface area contributed by atoms with Gasteiger partial charge in [0.15, 0.2) is 0 Å². The van der Waals surface area contributed by atoms with Crippen LogP contribution in [0.3, 0.4) is 0 Å². The SMILES string of the molecule is CC(C)NC(=O)NC1CCN(C(=O)C2CC2)CC1. The van der Waals surface area contributed by atoms with Crippen molar-refractivity contribution in [2.75, 3.05) is 13.1 Å². The molecule has 2 aliphatic rings. The molecule has 1 aliphatic carbocycles. The summed E-state index contributed by atoms with van der Waals surface area (Å²) in [5.74, 6) is 0.624. The van der Waals surface area contributed by atoms with Crippen molar-refractivity contribution < 1.29 is 9.59 Å². The van der Waals surface area contributed by atoms with Crippen molar-refractivity contribution in [3.63, 3.8) is 0 Å². The summed E-state index contributed by atoms with van der Waals surface area (Å²) in [7, 11) is 0. The highest BCUT2D eigenvalue weighted by molar-refractivity contribution is 5.81. The average Bonchev–Trinajstić information content (AvgIpc) is 3.11. The van der Waals surface area contributed by atoms with Crippen LogP contribution in [0.2, 0.25) is 0 Å². The molecular formula is C13H23N3O2. The van der Waals surface area contributed by atoms with Gasteiger partial charge in [-0.15, -0.1) is 0 Å². The molecule has 3 amide bonds. The van der Waals surface area contributed by atoms with E-state index in [-0.39, 0.29) is 18.1 Å². The predicted molar refractivity (Wildman–Crippen MR) is 69.1 cm³/mol. The molecule has 5 heteroatoms. The maximum atomic E-state index is 11.9. The van der Waals surface area contributed by atoms with Crippen molar-refractivity contribution in [2.24, 2.45) is 5.92 Å². The van der Waals surface area contributed by atoms with E-state index < -0.39 is 0 Å². The van der Waals surface area contributed by atoms with E-state index in [1.807, 2.05) is 18.7 Å². The first kappa shape index (κ1) is 13.2. The molecule has 18 heavy (non-hydrogen) atoms. The Morgan fingerprint density at radius 1 is 1.11 bits per heavy atom. The quantitative estimate of drug-likeness (QED) is 0.791. The lowest BCUT2D eigenvalue weighted by molar-refractivity contribution is -0.133. The fraction of sp³-hybridized carbons (Fsp3) is 0.846. The van der Waals surface area contributed by atoms with E-state index in [4.69, 9.17) is 0 Å². The molecule has 1 aliphatic heterocycles. The normalized spacial score (nSPS) is 20.9. The number of hydrogen-bond acceptors (Lipinski definition) is 2. The van der Waals surface area contributed by atoms with Crippen molar-refractivity contribution >= 4 is 11.9 Å². The molecule has 2 rings (SSSR count). The number of nitrogens with zero attached hydrogens (tertiary/aromatic N) is 1. The van der Waals surface area contributed by atoms with Gasteiger partial charge in [-0.2, -0.15) is 0 Å². The number of nitrogens with one attached hydrogen (secondary N) is 2. The summed E-state index contributed by atoms with van der Waals surface area (Å²) in [6.07, 6.45) is 3.86. The topological polar surface area (TPSA) is 61.4 Å². The van der Waals surface area contributed by atoms with Gasteiger partial charge in [0.05, 0.1) is 0 Å². The van der Waals surface area contributed by atoms with Crippen molar-refractivity contribution in [3.8, 4) is 0 Å². The standard InChI is InChI=1S/C13H23N3O2/c1-9(2)14-13(18)15-11-5-7-16(8-6-11)12(17)10-3-4-10/h9-11H,3-8H2,1-2H3,(H2,14,15,18). The summed E-state index contributed by atoms with van der Waals surface area (Å²) < 4.78 is 0. The summed E-state index contributed by atoms with van der Waals surface area (Å²) in [6, 6.07) is 0.255. The number of carbonyl (C=O) groups excluding carboxylic acids is 2. The minimum absolute atomic E-state index is 0.100. The molecule has 0 spiro atoms. The lowest BCUT2D eigenvalue weighted by atomic mass is 10.0. The zero-order chi connectivity index (χ0) is 13.1. The zero-order valence-corrected chi connectivity index (χ0v) is 11.2. The second-order valence-electron chi connectivity index (χ2n) is 5.65. The molecule has 0 aromatic carbocycles. The van der Waals surface area contributed by atoms with Gasteiger partial charge in [0, 0.05) is 31.1 Å². The van der Waals surface area contributed by atoms with Crippen LogP contribution in [0.15, 0.2) is 0 Å². The molecule has 2 N–H and O–H groups in total. The van der Waals surface area contributed by atoms with Crippen LogP contribution in [-0.4, -0.2) is 42.0 Å². The van der Waals surface area contributed by atoms with Gasteiger partial charge in [-0.25, -0.2) is 4.79 Å². The van der Waals surface area contributed by atoms with E-state index in [1.54, 1.807) is 0 Å². The van der Waals surface area contributed by atoms with Gasteiger partial charge in [0.1, 0.15) is 0 Å². The fourth-order valence-corrected chi connectivity index (χ4v) is 2.32. The number of urea groups is 1. The number of hydrogen-bond donors (Lipinski definition) is 2. The third kappa shape index (κ3) is 3.62. The zero-order valence-electron chi connectivity index (χ0n) is 11.2. The second-order valence-corrected chi connectivity index (χ2v) is 5.65. The van der Waals surface area contributed by atoms with Crippen LogP contribution >= 0.6 is 0 Å². The molecule has 0 radical (unpaired) electrons. The molecular weight excluding hydrogens is 230 g/mol. The van der Waals surface area contributed by atoms with Crippen LogP contribution in [0.5, 0.6) is 0 Å². The van der Waals surface area contributed by atoms with Gasteiger partial charge >= 0.3 is 6.03 Å². The molecule has 0 unspecified atom stereocenters. The molecule has 0 aromatic rings. The first-order chi connectivity index (χ1) is 8.56. The van der Waals surface area contributed by atoms with E-state index in [9.17, 15) is 9.59 Å². The lowest BCUT2D eigenvalue weighted by Crippen LogP contribution is -2.50. The minimum atomic E-state index is -0.100. The highest BCUT2D eigenvalue weighted by Crippen LogP contribution is 2.31. The highest BCUT2D eigenvalue weighted by atomic mass is 16.2. The van der Waals surface area contributed by atoms with E-state index in [0.29, 0.717) is 11.8 Å². The monoisotopic (exact) mass is 253 g/mol. The Morgan fingerprint density at radius 2 is 1.72 bits per heavy atom. The number of rotatable bonds is 3. The van der Waals surface area contributed by atoms with Crippen molar-refractivity contribution in [1.82, 2.24) is 15.5 Å². The first-order valence-corrected chi connectivity index (χ1v) is 6.92. The second kappa shape index (κ2) is 5.59. The summed E-state index contributed by atoms with van der Waals surface area (Å²) in [6.45, 7) is 5.44. The summed E-state index contributed by atoms with van der Waals surface area (Å²) in [4.78, 5) is 25.4. The molecule has 1 heterocycles. The number of piperidine rings is 1. The fourth-order valence-electron chi connectivity index (χ4n) is 2.32. The molecule has 0 atom stereocenters. The molecule has 1 saturated heterocycles. The average molecular weight is 253 g/mol. The summed E-state index contributed by atoms with van der Waals surface area (Å²) in [5, 5.41) is 5.79. The minimum Gasteiger partial charge on any atom is -0.342 e. The maximum absolute atomic E-state index is 11.9. The molecule has 102 valence electrons. The van der Waals surface area contributed by atoms with Gasteiger partial charge in [-0.3, -0.25) is 4.79 Å². The van der Waals surface area contributed by atoms with Crippen molar-refractivity contribution in [3.05, 3.63) is 0 Å². The Balaban J connectivity index is 1.69. The van der Waals surface area contributed by atoms with Crippen molar-refractivity contribution in [1.29, 1.82) is 0 Å². The largest absolute Gasteiger partial charge is 0.342 e. The Bertz CT molecular complexity index is 318. The number of carbonyl (C=O) groups is 2. The third-order valence-corrected chi connectivity index (χ3v) is 3.49. The Morgan fingerprint density at radius 3 is 2.22 bits per heavy atom. The van der Waals surface area contributed by atoms with Gasteiger partial charge in [-0.05, 0) is 39.5 Å². The highest BCUT2D eigenvalue weighted by Gasteiger charge is 2.35. The number of amides is 3. The smallest absolute Gasteiger partial charge is 0.315 e. The van der Waals surface area contributed by atoms with Gasteiger partial charge in [-0.1, -0.05) is 0 Å². The van der Waals surface area contributed by atoms with E-state index in [2.05, 4.69) is 10.6 Å². The summed E-state index contributed by atoms with van der Waals surface area (Å²) >= 11 is 0. The predicted octanol–water partition coefficient (Wildman–Crippen LogP) is 1.09. The van der Waals surface area contributed by atoms with Crippen LogP contribution < -0.4 is 10.6 Å². The Hall–Kier alpha value is -1.26. The Kier molecular flexibility index (Phi) is 4.09. The molecule has 1 saturated carbocycles. The molecule has 2 fully saturated rings. The lowest BCUT2D eigenvalue weighted by Gasteiger charge is -2.32. The Labute approximate surface area is 108 Å². The molecule has 0 bridgehead atoms. The first-order valence-electron chi connectivity index (χ1n) is 6.92. The van der Waals surface area contributed by atoms with Gasteiger partial charge in [0.2, 0.25) is 5.91 Å². The number of likely N-dealkylation sites (tertiary alicyclic amines) is 1. The third-order valence-electron chi connectivity index (χ3n) is 3.49. The molecule has 5 nitrogen and oxygen atoms in total. The van der Waals surface area contributed by atoms with Crippen LogP contribution in [0.4, 0.5) is 4.79 Å².